The predicted molar refractivity (Wildman–Crippen MR) is 88.6 cm³/mol. The molecule has 2 atom stereocenters. The highest BCUT2D eigenvalue weighted by Crippen LogP contribution is 2.41. The molecule has 2 unspecified atom stereocenters. The van der Waals surface area contributed by atoms with Crippen molar-refractivity contribution in [3.8, 4) is 0 Å². The van der Waals surface area contributed by atoms with E-state index in [1.54, 1.807) is 0 Å². The Morgan fingerprint density at radius 2 is 2.00 bits per heavy atom. The molecule has 0 spiro atoms. The standard InChI is InChI=1S/C18H30N2O/c1-17(2)11-10-16(14-8-6-7-9-15(14)17)19-12-18(3,21)13-20(4)5/h6-9,16,19,21H,10-13H2,1-5H3. The SMILES string of the molecule is CN(C)CC(C)(O)CNC1CCC(C)(C)c2ccccc21. The summed E-state index contributed by atoms with van der Waals surface area (Å²) < 4.78 is 0. The summed E-state index contributed by atoms with van der Waals surface area (Å²) in [4.78, 5) is 2.03. The second-order valence-electron chi connectivity index (χ2n) is 7.68. The molecule has 0 radical (unpaired) electrons. The maximum Gasteiger partial charge on any atom is 0.0869 e. The summed E-state index contributed by atoms with van der Waals surface area (Å²) in [5, 5.41) is 14.0. The molecule has 0 fully saturated rings. The highest BCUT2D eigenvalue weighted by Gasteiger charge is 2.33. The van der Waals surface area contributed by atoms with Crippen LogP contribution < -0.4 is 5.32 Å². The number of fused-ring (bicyclic) bond motifs is 1. The summed E-state index contributed by atoms with van der Waals surface area (Å²) in [6.45, 7) is 7.83. The lowest BCUT2D eigenvalue weighted by atomic mass is 9.71. The van der Waals surface area contributed by atoms with Gasteiger partial charge in [0.05, 0.1) is 5.60 Å². The summed E-state index contributed by atoms with van der Waals surface area (Å²) >= 11 is 0. The summed E-state index contributed by atoms with van der Waals surface area (Å²) in [6.07, 6.45) is 2.31. The van der Waals surface area contributed by atoms with E-state index in [1.165, 1.54) is 17.5 Å². The predicted octanol–water partition coefficient (Wildman–Crippen LogP) is 2.70. The van der Waals surface area contributed by atoms with Crippen LogP contribution in [0.25, 0.3) is 0 Å². The van der Waals surface area contributed by atoms with Crippen molar-refractivity contribution in [2.24, 2.45) is 0 Å². The fourth-order valence-electron chi connectivity index (χ4n) is 3.50. The van der Waals surface area contributed by atoms with Crippen LogP contribution in [0.3, 0.4) is 0 Å². The van der Waals surface area contributed by atoms with Crippen LogP contribution in [0.1, 0.15) is 50.8 Å². The Morgan fingerprint density at radius 1 is 1.33 bits per heavy atom. The van der Waals surface area contributed by atoms with Gasteiger partial charge in [-0.15, -0.1) is 0 Å². The molecule has 0 saturated carbocycles. The van der Waals surface area contributed by atoms with Gasteiger partial charge in [0, 0.05) is 19.1 Å². The quantitative estimate of drug-likeness (QED) is 0.875. The van der Waals surface area contributed by atoms with Gasteiger partial charge < -0.3 is 15.3 Å². The minimum Gasteiger partial charge on any atom is -0.388 e. The van der Waals surface area contributed by atoms with Crippen LogP contribution in [0.2, 0.25) is 0 Å². The topological polar surface area (TPSA) is 35.5 Å². The van der Waals surface area contributed by atoms with Gasteiger partial charge in [0.1, 0.15) is 0 Å². The summed E-state index contributed by atoms with van der Waals surface area (Å²) in [6, 6.07) is 9.08. The largest absolute Gasteiger partial charge is 0.388 e. The van der Waals surface area contributed by atoms with E-state index in [2.05, 4.69) is 43.4 Å². The molecule has 0 aromatic heterocycles. The molecule has 2 N–H and O–H groups in total. The van der Waals surface area contributed by atoms with Crippen molar-refractivity contribution in [2.75, 3.05) is 27.2 Å². The monoisotopic (exact) mass is 290 g/mol. The Bertz CT molecular complexity index is 480. The number of nitrogens with one attached hydrogen (secondary N) is 1. The van der Waals surface area contributed by atoms with Gasteiger partial charge in [-0.25, -0.2) is 0 Å². The van der Waals surface area contributed by atoms with Gasteiger partial charge in [0.15, 0.2) is 0 Å². The van der Waals surface area contributed by atoms with Crippen molar-refractivity contribution in [1.29, 1.82) is 0 Å². The molecule has 118 valence electrons. The van der Waals surface area contributed by atoms with E-state index >= 15 is 0 Å². The minimum absolute atomic E-state index is 0.251. The number of benzene rings is 1. The van der Waals surface area contributed by atoms with Crippen LogP contribution in [0, 0.1) is 0 Å². The third-order valence-electron chi connectivity index (χ3n) is 4.51. The number of rotatable bonds is 5. The van der Waals surface area contributed by atoms with E-state index in [4.69, 9.17) is 0 Å². The second kappa shape index (κ2) is 6.07. The second-order valence-corrected chi connectivity index (χ2v) is 7.68. The molecular formula is C18H30N2O. The van der Waals surface area contributed by atoms with Crippen LogP contribution in [0.15, 0.2) is 24.3 Å². The lowest BCUT2D eigenvalue weighted by Crippen LogP contribution is -2.47. The van der Waals surface area contributed by atoms with Gasteiger partial charge in [0.2, 0.25) is 0 Å². The number of likely N-dealkylation sites (N-methyl/N-ethyl adjacent to an activating group) is 1. The fourth-order valence-corrected chi connectivity index (χ4v) is 3.50. The third kappa shape index (κ3) is 4.06. The summed E-state index contributed by atoms with van der Waals surface area (Å²) in [7, 11) is 3.99. The average Bonchev–Trinajstić information content (AvgIpc) is 2.36. The zero-order valence-electron chi connectivity index (χ0n) is 14.1. The number of nitrogens with zero attached hydrogens (tertiary/aromatic N) is 1. The van der Waals surface area contributed by atoms with E-state index in [-0.39, 0.29) is 5.41 Å². The molecule has 0 aliphatic heterocycles. The maximum absolute atomic E-state index is 10.5. The molecule has 0 saturated heterocycles. The van der Waals surface area contributed by atoms with Crippen LogP contribution >= 0.6 is 0 Å². The molecule has 0 bridgehead atoms. The van der Waals surface area contributed by atoms with E-state index in [1.807, 2.05) is 25.9 Å². The zero-order valence-corrected chi connectivity index (χ0v) is 14.1. The summed E-state index contributed by atoms with van der Waals surface area (Å²) in [5.41, 5.74) is 2.39. The van der Waals surface area contributed by atoms with Crippen molar-refractivity contribution >= 4 is 0 Å². The molecule has 21 heavy (non-hydrogen) atoms. The Balaban J connectivity index is 2.09. The first kappa shape index (κ1) is 16.5. The lowest BCUT2D eigenvalue weighted by molar-refractivity contribution is 0.0304. The summed E-state index contributed by atoms with van der Waals surface area (Å²) in [5.74, 6) is 0. The van der Waals surface area contributed by atoms with E-state index in [9.17, 15) is 5.11 Å². The highest BCUT2D eigenvalue weighted by molar-refractivity contribution is 5.38. The molecule has 2 rings (SSSR count). The molecule has 1 aliphatic rings. The number of aliphatic hydroxyl groups is 1. The molecule has 0 heterocycles. The van der Waals surface area contributed by atoms with Crippen molar-refractivity contribution in [3.05, 3.63) is 35.4 Å². The first-order valence-corrected chi connectivity index (χ1v) is 7.91. The maximum atomic E-state index is 10.5. The normalized spacial score (nSPS) is 23.7. The van der Waals surface area contributed by atoms with Crippen molar-refractivity contribution in [3.63, 3.8) is 0 Å². The van der Waals surface area contributed by atoms with Gasteiger partial charge in [-0.3, -0.25) is 0 Å². The molecule has 1 aromatic rings. The van der Waals surface area contributed by atoms with Gasteiger partial charge in [-0.2, -0.15) is 0 Å². The highest BCUT2D eigenvalue weighted by atomic mass is 16.3. The van der Waals surface area contributed by atoms with Crippen LogP contribution in [-0.2, 0) is 5.41 Å². The molecule has 1 aromatic carbocycles. The minimum atomic E-state index is -0.703. The van der Waals surface area contributed by atoms with E-state index in [0.717, 1.165) is 6.42 Å². The van der Waals surface area contributed by atoms with Crippen LogP contribution in [-0.4, -0.2) is 42.8 Å². The Hall–Kier alpha value is -0.900. The number of hydrogen-bond donors (Lipinski definition) is 2. The van der Waals surface area contributed by atoms with E-state index < -0.39 is 5.60 Å². The van der Waals surface area contributed by atoms with Gasteiger partial charge in [0.25, 0.3) is 0 Å². The average molecular weight is 290 g/mol. The first-order valence-electron chi connectivity index (χ1n) is 7.91. The van der Waals surface area contributed by atoms with Gasteiger partial charge >= 0.3 is 0 Å². The van der Waals surface area contributed by atoms with Gasteiger partial charge in [-0.05, 0) is 50.4 Å². The fraction of sp³-hybridized carbons (Fsp3) is 0.667. The molecule has 3 heteroatoms. The Labute approximate surface area is 129 Å². The van der Waals surface area contributed by atoms with Crippen LogP contribution in [0.5, 0.6) is 0 Å². The molecule has 3 nitrogen and oxygen atoms in total. The third-order valence-corrected chi connectivity index (χ3v) is 4.51. The first-order chi connectivity index (χ1) is 9.71. The van der Waals surface area contributed by atoms with Crippen molar-refractivity contribution in [2.45, 2.75) is 50.7 Å². The Kier molecular flexibility index (Phi) is 4.76. The molecule has 0 amide bonds. The van der Waals surface area contributed by atoms with Crippen LogP contribution in [0.4, 0.5) is 0 Å². The number of hydrogen-bond acceptors (Lipinski definition) is 3. The molecule has 1 aliphatic carbocycles. The zero-order chi connectivity index (χ0) is 15.7. The van der Waals surface area contributed by atoms with Crippen molar-refractivity contribution < 1.29 is 5.11 Å². The Morgan fingerprint density at radius 3 is 2.67 bits per heavy atom. The lowest BCUT2D eigenvalue weighted by Gasteiger charge is -2.38. The van der Waals surface area contributed by atoms with Gasteiger partial charge in [-0.1, -0.05) is 38.1 Å². The van der Waals surface area contributed by atoms with E-state index in [0.29, 0.717) is 19.1 Å². The van der Waals surface area contributed by atoms with Crippen molar-refractivity contribution in [1.82, 2.24) is 10.2 Å². The smallest absolute Gasteiger partial charge is 0.0869 e. The molecular weight excluding hydrogens is 260 g/mol.